The van der Waals surface area contributed by atoms with Crippen molar-refractivity contribution in [1.29, 1.82) is 0 Å². The molecule has 2 aliphatic heterocycles. The zero-order valence-corrected chi connectivity index (χ0v) is 16.2. The quantitative estimate of drug-likeness (QED) is 0.728. The standard InChI is InChI=1S/C22H26O6/c1-22(23-2)27-20-19(25-14-17-11-7-4-8-12-17)18(15-26-21(20)28-22)24-13-16-9-5-3-6-10-16/h3-12,18-21H,13-15H2,1-2H3/t18-,19+,20-,21-,22-/m1/s1. The highest BCUT2D eigenvalue weighted by Gasteiger charge is 2.54. The van der Waals surface area contributed by atoms with Crippen molar-refractivity contribution >= 4 is 0 Å². The van der Waals surface area contributed by atoms with Crippen LogP contribution < -0.4 is 0 Å². The first-order chi connectivity index (χ1) is 13.7. The first-order valence-electron chi connectivity index (χ1n) is 9.50. The third-order valence-corrected chi connectivity index (χ3v) is 5.03. The van der Waals surface area contributed by atoms with Crippen molar-refractivity contribution in [2.24, 2.45) is 0 Å². The lowest BCUT2D eigenvalue weighted by molar-refractivity contribution is -0.331. The summed E-state index contributed by atoms with van der Waals surface area (Å²) >= 11 is 0. The van der Waals surface area contributed by atoms with E-state index in [0.29, 0.717) is 19.8 Å². The van der Waals surface area contributed by atoms with Gasteiger partial charge in [-0.3, -0.25) is 4.74 Å². The minimum atomic E-state index is -1.15. The van der Waals surface area contributed by atoms with Gasteiger partial charge in [-0.2, -0.15) is 0 Å². The fourth-order valence-electron chi connectivity index (χ4n) is 3.44. The smallest absolute Gasteiger partial charge is 0.282 e. The lowest BCUT2D eigenvalue weighted by Gasteiger charge is -2.37. The highest BCUT2D eigenvalue weighted by molar-refractivity contribution is 5.14. The number of hydrogen-bond acceptors (Lipinski definition) is 6. The van der Waals surface area contributed by atoms with Crippen molar-refractivity contribution in [3.05, 3.63) is 71.8 Å². The van der Waals surface area contributed by atoms with Crippen LogP contribution in [0.15, 0.2) is 60.7 Å². The number of ether oxygens (including phenoxy) is 6. The molecule has 2 heterocycles. The molecule has 0 saturated carbocycles. The summed E-state index contributed by atoms with van der Waals surface area (Å²) in [6, 6.07) is 20.1. The van der Waals surface area contributed by atoms with Crippen LogP contribution in [0.25, 0.3) is 0 Å². The Bertz CT molecular complexity index is 739. The fourth-order valence-corrected chi connectivity index (χ4v) is 3.44. The molecule has 0 bridgehead atoms. The van der Waals surface area contributed by atoms with Gasteiger partial charge in [0.25, 0.3) is 5.97 Å². The van der Waals surface area contributed by atoms with Gasteiger partial charge in [0.05, 0.1) is 19.8 Å². The van der Waals surface area contributed by atoms with Crippen molar-refractivity contribution in [1.82, 2.24) is 0 Å². The summed E-state index contributed by atoms with van der Waals surface area (Å²) < 4.78 is 35.4. The van der Waals surface area contributed by atoms with Crippen LogP contribution in [0.3, 0.4) is 0 Å². The number of methoxy groups -OCH3 is 1. The molecule has 2 aromatic rings. The number of rotatable bonds is 7. The van der Waals surface area contributed by atoms with Crippen LogP contribution in [-0.4, -0.2) is 44.3 Å². The van der Waals surface area contributed by atoms with E-state index in [1.165, 1.54) is 0 Å². The maximum atomic E-state index is 6.26. The molecule has 4 rings (SSSR count). The van der Waals surface area contributed by atoms with Crippen LogP contribution in [0.4, 0.5) is 0 Å². The number of hydrogen-bond donors (Lipinski definition) is 0. The Labute approximate surface area is 165 Å². The number of benzene rings is 2. The second kappa shape index (κ2) is 8.69. The van der Waals surface area contributed by atoms with E-state index in [2.05, 4.69) is 0 Å². The van der Waals surface area contributed by atoms with Crippen molar-refractivity contribution in [3.8, 4) is 0 Å². The fraction of sp³-hybridized carbons (Fsp3) is 0.455. The minimum Gasteiger partial charge on any atom is -0.368 e. The molecule has 28 heavy (non-hydrogen) atoms. The van der Waals surface area contributed by atoms with Gasteiger partial charge in [0, 0.05) is 14.0 Å². The van der Waals surface area contributed by atoms with E-state index in [4.69, 9.17) is 28.4 Å². The molecular formula is C22H26O6. The molecular weight excluding hydrogens is 360 g/mol. The van der Waals surface area contributed by atoms with Gasteiger partial charge < -0.3 is 23.7 Å². The van der Waals surface area contributed by atoms with Crippen LogP contribution in [-0.2, 0) is 41.6 Å². The summed E-state index contributed by atoms with van der Waals surface area (Å²) in [6.45, 7) is 3.01. The summed E-state index contributed by atoms with van der Waals surface area (Å²) in [5.41, 5.74) is 2.18. The third-order valence-electron chi connectivity index (χ3n) is 5.03. The minimum absolute atomic E-state index is 0.284. The van der Waals surface area contributed by atoms with Gasteiger partial charge in [-0.05, 0) is 11.1 Å². The molecule has 2 saturated heterocycles. The van der Waals surface area contributed by atoms with E-state index in [1.807, 2.05) is 60.7 Å². The van der Waals surface area contributed by atoms with Gasteiger partial charge in [-0.15, -0.1) is 0 Å². The molecule has 2 aliphatic rings. The van der Waals surface area contributed by atoms with E-state index in [-0.39, 0.29) is 12.2 Å². The molecule has 6 heteroatoms. The average Bonchev–Trinajstić information content (AvgIpc) is 3.09. The molecule has 0 aliphatic carbocycles. The van der Waals surface area contributed by atoms with Gasteiger partial charge in [-0.25, -0.2) is 0 Å². The topological polar surface area (TPSA) is 55.4 Å². The molecule has 0 N–H and O–H groups in total. The summed E-state index contributed by atoms with van der Waals surface area (Å²) in [5.74, 6) is -1.15. The monoisotopic (exact) mass is 386 g/mol. The van der Waals surface area contributed by atoms with Gasteiger partial charge in [0.1, 0.15) is 18.3 Å². The Hall–Kier alpha value is -1.80. The zero-order valence-electron chi connectivity index (χ0n) is 16.2. The van der Waals surface area contributed by atoms with E-state index in [1.54, 1.807) is 14.0 Å². The summed E-state index contributed by atoms with van der Waals surface area (Å²) in [7, 11) is 1.54. The van der Waals surface area contributed by atoms with E-state index in [9.17, 15) is 0 Å². The third kappa shape index (κ3) is 4.43. The Kier molecular flexibility index (Phi) is 6.06. The van der Waals surface area contributed by atoms with Gasteiger partial charge in [-0.1, -0.05) is 60.7 Å². The number of fused-ring (bicyclic) bond motifs is 1. The molecule has 5 atom stereocenters. The molecule has 2 aromatic carbocycles. The highest BCUT2D eigenvalue weighted by atomic mass is 16.9. The van der Waals surface area contributed by atoms with Crippen molar-refractivity contribution in [3.63, 3.8) is 0 Å². The van der Waals surface area contributed by atoms with E-state index >= 15 is 0 Å². The maximum Gasteiger partial charge on any atom is 0.282 e. The highest BCUT2D eigenvalue weighted by Crippen LogP contribution is 2.37. The first kappa shape index (κ1) is 19.5. The lowest BCUT2D eigenvalue weighted by Crippen LogP contribution is -2.53. The molecule has 0 radical (unpaired) electrons. The van der Waals surface area contributed by atoms with Gasteiger partial charge in [0.2, 0.25) is 0 Å². The van der Waals surface area contributed by atoms with E-state index < -0.39 is 18.4 Å². The summed E-state index contributed by atoms with van der Waals surface area (Å²) in [6.07, 6.45) is -1.63. The van der Waals surface area contributed by atoms with Crippen molar-refractivity contribution in [2.45, 2.75) is 50.7 Å². The summed E-state index contributed by atoms with van der Waals surface area (Å²) in [4.78, 5) is 0. The Balaban J connectivity index is 1.47. The van der Waals surface area contributed by atoms with Gasteiger partial charge in [0.15, 0.2) is 6.29 Å². The molecule has 0 aromatic heterocycles. The Morgan fingerprint density at radius 2 is 1.50 bits per heavy atom. The molecule has 2 fully saturated rings. The van der Waals surface area contributed by atoms with Gasteiger partial charge >= 0.3 is 0 Å². The molecule has 0 spiro atoms. The molecule has 6 nitrogen and oxygen atoms in total. The average molecular weight is 386 g/mol. The normalized spacial score (nSPS) is 32.2. The first-order valence-corrected chi connectivity index (χ1v) is 9.50. The zero-order chi connectivity index (χ0) is 19.4. The van der Waals surface area contributed by atoms with Crippen LogP contribution in [0.1, 0.15) is 18.1 Å². The second-order valence-electron chi connectivity index (χ2n) is 7.06. The van der Waals surface area contributed by atoms with Crippen LogP contribution >= 0.6 is 0 Å². The molecule has 0 unspecified atom stereocenters. The molecule has 0 amide bonds. The summed E-state index contributed by atoms with van der Waals surface area (Å²) in [5, 5.41) is 0. The largest absolute Gasteiger partial charge is 0.368 e. The SMILES string of the molecule is CO[C@@]1(C)O[C@H]2OC[C@@H](OCc3ccccc3)[C@H](OCc3ccccc3)[C@H]2O1. The van der Waals surface area contributed by atoms with Crippen LogP contribution in [0.2, 0.25) is 0 Å². The van der Waals surface area contributed by atoms with Crippen LogP contribution in [0.5, 0.6) is 0 Å². The molecule has 150 valence electrons. The lowest BCUT2D eigenvalue weighted by atomic mass is 10.0. The predicted molar refractivity (Wildman–Crippen MR) is 101 cm³/mol. The van der Waals surface area contributed by atoms with Crippen molar-refractivity contribution in [2.75, 3.05) is 13.7 Å². The second-order valence-corrected chi connectivity index (χ2v) is 7.06. The van der Waals surface area contributed by atoms with Crippen LogP contribution in [0, 0.1) is 0 Å². The maximum absolute atomic E-state index is 6.26. The Morgan fingerprint density at radius 3 is 2.11 bits per heavy atom. The van der Waals surface area contributed by atoms with Crippen molar-refractivity contribution < 1.29 is 28.4 Å². The predicted octanol–water partition coefficient (Wildman–Crippen LogP) is 3.25. The Morgan fingerprint density at radius 1 is 0.893 bits per heavy atom. The van der Waals surface area contributed by atoms with E-state index in [0.717, 1.165) is 11.1 Å².